The van der Waals surface area contributed by atoms with Gasteiger partial charge < -0.3 is 11.1 Å². The van der Waals surface area contributed by atoms with Crippen LogP contribution in [0.1, 0.15) is 31.7 Å². The molecule has 21 heavy (non-hydrogen) atoms. The minimum Gasteiger partial charge on any atom is -0.370 e. The van der Waals surface area contributed by atoms with E-state index in [-0.39, 0.29) is 23.5 Å². The summed E-state index contributed by atoms with van der Waals surface area (Å²) in [6.45, 7) is 2.34. The molecule has 1 aromatic rings. The van der Waals surface area contributed by atoms with Gasteiger partial charge in [0.25, 0.3) is 0 Å². The zero-order valence-electron chi connectivity index (χ0n) is 12.4. The van der Waals surface area contributed by atoms with E-state index in [1.165, 1.54) is 5.56 Å². The van der Waals surface area contributed by atoms with Gasteiger partial charge in [-0.25, -0.2) is 8.42 Å². The molecule has 1 atom stereocenters. The van der Waals surface area contributed by atoms with E-state index in [1.807, 2.05) is 24.3 Å². The summed E-state index contributed by atoms with van der Waals surface area (Å²) >= 11 is 0. The first-order valence-corrected chi connectivity index (χ1v) is 9.10. The molecule has 1 aromatic carbocycles. The third kappa shape index (κ3) is 4.46. The van der Waals surface area contributed by atoms with Crippen molar-refractivity contribution in [1.29, 1.82) is 0 Å². The van der Waals surface area contributed by atoms with E-state index < -0.39 is 9.84 Å². The molecule has 1 fully saturated rings. The van der Waals surface area contributed by atoms with Gasteiger partial charge in [0, 0.05) is 5.69 Å². The molecule has 0 spiro atoms. The molecule has 1 aliphatic heterocycles. The fourth-order valence-corrected chi connectivity index (χ4v) is 4.20. The summed E-state index contributed by atoms with van der Waals surface area (Å²) in [5, 5.41) is 2.61. The van der Waals surface area contributed by atoms with E-state index in [2.05, 4.69) is 17.2 Å². The smallest absolute Gasteiger partial charge is 0.193 e. The van der Waals surface area contributed by atoms with Crippen molar-refractivity contribution in [3.8, 4) is 0 Å². The van der Waals surface area contributed by atoms with E-state index in [4.69, 9.17) is 5.73 Å². The van der Waals surface area contributed by atoms with E-state index in [9.17, 15) is 8.42 Å². The topological polar surface area (TPSA) is 84.5 Å². The number of hydrogen-bond acceptors (Lipinski definition) is 3. The summed E-state index contributed by atoms with van der Waals surface area (Å²) in [4.78, 5) is 4.19. The highest BCUT2D eigenvalue weighted by Gasteiger charge is 2.28. The van der Waals surface area contributed by atoms with Crippen molar-refractivity contribution in [3.63, 3.8) is 0 Å². The summed E-state index contributed by atoms with van der Waals surface area (Å²) in [6.07, 6.45) is 3.39. The molecular formula is C15H23N3O2S. The predicted molar refractivity (Wildman–Crippen MR) is 87.4 cm³/mol. The van der Waals surface area contributed by atoms with Crippen LogP contribution in [0.3, 0.4) is 0 Å². The highest BCUT2D eigenvalue weighted by molar-refractivity contribution is 7.92. The van der Waals surface area contributed by atoms with Crippen LogP contribution in [-0.4, -0.2) is 31.9 Å². The van der Waals surface area contributed by atoms with Gasteiger partial charge in [0.15, 0.2) is 15.8 Å². The fourth-order valence-electron chi connectivity index (χ4n) is 2.44. The maximum atomic E-state index is 11.9. The maximum Gasteiger partial charge on any atom is 0.193 e. The standard InChI is InChI=1S/C15H23N3O2S/c1-2-12-6-8-13(9-7-12)18-15(16)17-11-14-5-3-4-10-21(14,19)20/h6-9,14H,2-5,10-11H2,1H3,(H3,16,17,18). The van der Waals surface area contributed by atoms with Gasteiger partial charge in [-0.3, -0.25) is 4.99 Å². The Labute approximate surface area is 126 Å². The Kier molecular flexibility index (Phi) is 5.22. The number of anilines is 1. The monoisotopic (exact) mass is 309 g/mol. The maximum absolute atomic E-state index is 11.9. The van der Waals surface area contributed by atoms with Gasteiger partial charge in [-0.2, -0.15) is 0 Å². The zero-order valence-corrected chi connectivity index (χ0v) is 13.2. The first-order valence-electron chi connectivity index (χ1n) is 7.38. The van der Waals surface area contributed by atoms with Crippen molar-refractivity contribution in [2.45, 2.75) is 37.9 Å². The molecule has 3 N–H and O–H groups in total. The number of rotatable bonds is 4. The van der Waals surface area contributed by atoms with Crippen LogP contribution in [0.4, 0.5) is 5.69 Å². The second-order valence-electron chi connectivity index (χ2n) is 5.39. The SMILES string of the molecule is CCc1ccc(NC(N)=NCC2CCCCS2(=O)=O)cc1. The number of benzene rings is 1. The first kappa shape index (κ1) is 15.8. The largest absolute Gasteiger partial charge is 0.370 e. The van der Waals surface area contributed by atoms with Crippen molar-refractivity contribution < 1.29 is 8.42 Å². The molecule has 0 radical (unpaired) electrons. The number of sulfone groups is 1. The van der Waals surface area contributed by atoms with Crippen LogP contribution in [0.15, 0.2) is 29.3 Å². The molecule has 0 amide bonds. The molecule has 116 valence electrons. The Bertz CT molecular complexity index is 594. The average Bonchev–Trinajstić information content (AvgIpc) is 2.46. The Morgan fingerprint density at radius 2 is 2.05 bits per heavy atom. The first-order chi connectivity index (χ1) is 10.0. The second-order valence-corrected chi connectivity index (χ2v) is 7.79. The average molecular weight is 309 g/mol. The molecule has 0 aromatic heterocycles. The van der Waals surface area contributed by atoms with Crippen molar-refractivity contribution in [3.05, 3.63) is 29.8 Å². The van der Waals surface area contributed by atoms with E-state index >= 15 is 0 Å². The lowest BCUT2D eigenvalue weighted by molar-refractivity contribution is 0.541. The van der Waals surface area contributed by atoms with E-state index in [0.29, 0.717) is 6.42 Å². The molecule has 1 heterocycles. The third-order valence-electron chi connectivity index (χ3n) is 3.81. The number of guanidine groups is 1. The van der Waals surface area contributed by atoms with Gasteiger partial charge in [-0.05, 0) is 37.0 Å². The highest BCUT2D eigenvalue weighted by atomic mass is 32.2. The van der Waals surface area contributed by atoms with Crippen molar-refractivity contribution in [2.75, 3.05) is 17.6 Å². The normalized spacial score (nSPS) is 22.0. The lowest BCUT2D eigenvalue weighted by Gasteiger charge is -2.20. The Balaban J connectivity index is 1.94. The Hall–Kier alpha value is -1.56. The van der Waals surface area contributed by atoms with Crippen molar-refractivity contribution >= 4 is 21.5 Å². The number of aryl methyl sites for hydroxylation is 1. The molecule has 0 saturated carbocycles. The van der Waals surface area contributed by atoms with Gasteiger partial charge in [-0.1, -0.05) is 25.5 Å². The van der Waals surface area contributed by atoms with Gasteiger partial charge in [0.1, 0.15) is 0 Å². The number of nitrogens with one attached hydrogen (secondary N) is 1. The Morgan fingerprint density at radius 3 is 2.67 bits per heavy atom. The number of aliphatic imine (C=N–C) groups is 1. The van der Waals surface area contributed by atoms with Crippen LogP contribution in [-0.2, 0) is 16.3 Å². The van der Waals surface area contributed by atoms with Crippen LogP contribution in [0.25, 0.3) is 0 Å². The summed E-state index contributed by atoms with van der Waals surface area (Å²) < 4.78 is 23.8. The molecule has 1 unspecified atom stereocenters. The van der Waals surface area contributed by atoms with Crippen molar-refractivity contribution in [2.24, 2.45) is 10.7 Å². The van der Waals surface area contributed by atoms with Crippen LogP contribution in [0.2, 0.25) is 0 Å². The molecule has 0 bridgehead atoms. The molecular weight excluding hydrogens is 286 g/mol. The molecule has 1 aliphatic rings. The number of nitrogens with zero attached hydrogens (tertiary/aromatic N) is 1. The lowest BCUT2D eigenvalue weighted by Crippen LogP contribution is -2.32. The minimum atomic E-state index is -2.99. The second kappa shape index (κ2) is 6.93. The summed E-state index contributed by atoms with van der Waals surface area (Å²) in [7, 11) is -2.99. The summed E-state index contributed by atoms with van der Waals surface area (Å²) in [5.74, 6) is 0.541. The zero-order chi connectivity index (χ0) is 15.3. The quantitative estimate of drug-likeness (QED) is 0.657. The van der Waals surface area contributed by atoms with E-state index in [0.717, 1.165) is 24.9 Å². The highest BCUT2D eigenvalue weighted by Crippen LogP contribution is 2.19. The fraction of sp³-hybridized carbons (Fsp3) is 0.533. The van der Waals surface area contributed by atoms with Gasteiger partial charge in [0.2, 0.25) is 0 Å². The van der Waals surface area contributed by atoms with Crippen LogP contribution < -0.4 is 11.1 Å². The lowest BCUT2D eigenvalue weighted by atomic mass is 10.1. The number of nitrogens with two attached hydrogens (primary N) is 1. The van der Waals surface area contributed by atoms with Crippen LogP contribution in [0, 0.1) is 0 Å². The molecule has 5 nitrogen and oxygen atoms in total. The van der Waals surface area contributed by atoms with Crippen molar-refractivity contribution in [1.82, 2.24) is 0 Å². The van der Waals surface area contributed by atoms with Gasteiger partial charge >= 0.3 is 0 Å². The molecule has 0 aliphatic carbocycles. The summed E-state index contributed by atoms with van der Waals surface area (Å²) in [5.41, 5.74) is 7.94. The summed E-state index contributed by atoms with van der Waals surface area (Å²) in [6, 6.07) is 7.94. The van der Waals surface area contributed by atoms with E-state index in [1.54, 1.807) is 0 Å². The third-order valence-corrected chi connectivity index (χ3v) is 6.07. The molecule has 1 saturated heterocycles. The molecule has 2 rings (SSSR count). The Morgan fingerprint density at radius 1 is 1.33 bits per heavy atom. The molecule has 6 heteroatoms. The van der Waals surface area contributed by atoms with Gasteiger partial charge in [-0.15, -0.1) is 0 Å². The number of hydrogen-bond donors (Lipinski definition) is 2. The van der Waals surface area contributed by atoms with Gasteiger partial charge in [0.05, 0.1) is 17.5 Å². The van der Waals surface area contributed by atoms with Crippen LogP contribution in [0.5, 0.6) is 0 Å². The van der Waals surface area contributed by atoms with Crippen LogP contribution >= 0.6 is 0 Å². The predicted octanol–water partition coefficient (Wildman–Crippen LogP) is 1.94. The minimum absolute atomic E-state index is 0.244.